The van der Waals surface area contributed by atoms with Crippen LogP contribution in [0.25, 0.3) is 0 Å². The number of hydrogen-bond donors (Lipinski definition) is 1. The first-order valence-corrected chi connectivity index (χ1v) is 8.96. The molecule has 0 unspecified atom stereocenters. The van der Waals surface area contributed by atoms with Crippen LogP contribution in [0.5, 0.6) is 11.5 Å². The van der Waals surface area contributed by atoms with Crippen molar-refractivity contribution in [1.29, 1.82) is 0 Å². The number of ketones is 1. The Morgan fingerprint density at radius 2 is 2.09 bits per heavy atom. The van der Waals surface area contributed by atoms with Crippen molar-refractivity contribution < 1.29 is 14.6 Å². The van der Waals surface area contributed by atoms with E-state index in [0.29, 0.717) is 35.9 Å². The Hall–Kier alpha value is -1.51. The molecule has 0 aromatic heterocycles. The second kappa shape index (κ2) is 6.54. The van der Waals surface area contributed by atoms with Crippen LogP contribution in [-0.4, -0.2) is 17.0 Å². The molecule has 5 atom stereocenters. The molecule has 1 N–H and O–H groups in total. The lowest BCUT2D eigenvalue weighted by atomic mass is 9.61. The van der Waals surface area contributed by atoms with Gasteiger partial charge in [-0.1, -0.05) is 13.0 Å². The highest BCUT2D eigenvalue weighted by atomic mass is 16.5. The summed E-state index contributed by atoms with van der Waals surface area (Å²) in [6.45, 7) is 6.20. The summed E-state index contributed by atoms with van der Waals surface area (Å²) in [6.07, 6.45) is 5.39. The molecule has 0 bridgehead atoms. The van der Waals surface area contributed by atoms with Crippen LogP contribution in [-0.2, 0) is 4.79 Å². The number of benzene rings is 1. The lowest BCUT2D eigenvalue weighted by Gasteiger charge is -2.48. The van der Waals surface area contributed by atoms with Gasteiger partial charge in [0.25, 0.3) is 0 Å². The Labute approximate surface area is 139 Å². The highest BCUT2D eigenvalue weighted by Gasteiger charge is 2.45. The fourth-order valence-corrected chi connectivity index (χ4v) is 4.84. The van der Waals surface area contributed by atoms with E-state index >= 15 is 0 Å². The number of carbonyl (C=O) groups is 1. The smallest absolute Gasteiger partial charge is 0.129 e. The first-order chi connectivity index (χ1) is 11.0. The van der Waals surface area contributed by atoms with Crippen LogP contribution in [0.2, 0.25) is 0 Å². The summed E-state index contributed by atoms with van der Waals surface area (Å²) in [6, 6.07) is 5.57. The number of Topliss-reactive ketones (excluding diaryl/α,β-unsaturated/α-hetero) is 1. The topological polar surface area (TPSA) is 46.5 Å². The van der Waals surface area contributed by atoms with Crippen molar-refractivity contribution in [1.82, 2.24) is 0 Å². The van der Waals surface area contributed by atoms with Gasteiger partial charge >= 0.3 is 0 Å². The Morgan fingerprint density at radius 3 is 2.83 bits per heavy atom. The predicted octanol–water partition coefficient (Wildman–Crippen LogP) is 4.68. The number of ether oxygens (including phenoxy) is 1. The molecule has 1 saturated carbocycles. The van der Waals surface area contributed by atoms with E-state index in [1.807, 2.05) is 6.07 Å². The van der Waals surface area contributed by atoms with Crippen molar-refractivity contribution in [3.8, 4) is 11.5 Å². The zero-order valence-corrected chi connectivity index (χ0v) is 14.4. The van der Waals surface area contributed by atoms with Crippen LogP contribution in [0.4, 0.5) is 0 Å². The molecule has 1 heterocycles. The summed E-state index contributed by atoms with van der Waals surface area (Å²) in [5.41, 5.74) is 1.26. The normalized spacial score (nSPS) is 32.6. The van der Waals surface area contributed by atoms with Gasteiger partial charge in [0.05, 0.1) is 6.10 Å². The quantitative estimate of drug-likeness (QED) is 0.877. The van der Waals surface area contributed by atoms with Crippen molar-refractivity contribution in [2.24, 2.45) is 17.8 Å². The van der Waals surface area contributed by atoms with E-state index in [-0.39, 0.29) is 11.9 Å². The number of hydrogen-bond acceptors (Lipinski definition) is 3. The third kappa shape index (κ3) is 3.24. The molecule has 1 aliphatic heterocycles. The molecule has 3 heteroatoms. The second-order valence-electron chi connectivity index (χ2n) is 7.54. The Bertz CT molecular complexity index is 580. The van der Waals surface area contributed by atoms with Gasteiger partial charge in [-0.3, -0.25) is 0 Å². The molecule has 0 radical (unpaired) electrons. The Morgan fingerprint density at radius 1 is 1.30 bits per heavy atom. The van der Waals surface area contributed by atoms with E-state index in [4.69, 9.17) is 4.74 Å². The van der Waals surface area contributed by atoms with Crippen LogP contribution in [0.3, 0.4) is 0 Å². The maximum Gasteiger partial charge on any atom is 0.129 e. The average molecular weight is 316 g/mol. The number of carbonyl (C=O) groups excluding carboxylic acids is 1. The predicted molar refractivity (Wildman–Crippen MR) is 90.8 cm³/mol. The largest absolute Gasteiger partial charge is 0.508 e. The van der Waals surface area contributed by atoms with Gasteiger partial charge in [0.2, 0.25) is 0 Å². The number of phenols is 1. The van der Waals surface area contributed by atoms with Crippen molar-refractivity contribution in [2.75, 3.05) is 0 Å². The van der Waals surface area contributed by atoms with Gasteiger partial charge in [0, 0.05) is 18.4 Å². The molecular formula is C20H28O3. The molecule has 3 nitrogen and oxygen atoms in total. The lowest BCUT2D eigenvalue weighted by molar-refractivity contribution is -0.117. The van der Waals surface area contributed by atoms with Crippen LogP contribution in [0, 0.1) is 17.8 Å². The first kappa shape index (κ1) is 16.4. The second-order valence-corrected chi connectivity index (χ2v) is 7.54. The van der Waals surface area contributed by atoms with Gasteiger partial charge in [-0.05, 0) is 68.9 Å². The van der Waals surface area contributed by atoms with E-state index in [2.05, 4.69) is 13.8 Å². The summed E-state index contributed by atoms with van der Waals surface area (Å²) in [7, 11) is 0. The van der Waals surface area contributed by atoms with E-state index in [1.54, 1.807) is 19.1 Å². The third-order valence-electron chi connectivity index (χ3n) is 5.94. The number of rotatable bonds is 4. The van der Waals surface area contributed by atoms with Crippen molar-refractivity contribution in [3.63, 3.8) is 0 Å². The molecule has 126 valence electrons. The number of phenolic OH excluding ortho intramolecular Hbond substituents is 1. The van der Waals surface area contributed by atoms with Crippen molar-refractivity contribution >= 4 is 5.78 Å². The molecule has 1 fully saturated rings. The van der Waals surface area contributed by atoms with Crippen molar-refractivity contribution in [3.05, 3.63) is 23.8 Å². The maximum atomic E-state index is 11.3. The summed E-state index contributed by atoms with van der Waals surface area (Å²) in [5, 5.41) is 9.72. The zero-order chi connectivity index (χ0) is 16.6. The van der Waals surface area contributed by atoms with Gasteiger partial charge in [-0.15, -0.1) is 0 Å². The zero-order valence-electron chi connectivity index (χ0n) is 14.4. The molecular weight excluding hydrogens is 288 g/mol. The standard InChI is InChI=1S/C20H28O3/c1-12-7-9-18-17-10-8-15(22)11-19(17)23-14(3)20(18)16(12)6-4-5-13(2)21/h8,10-12,14,16,18,20,22H,4-7,9H2,1-3H3/t12-,14-,16-,18-,20-/m1/s1. The average Bonchev–Trinajstić information content (AvgIpc) is 2.48. The molecule has 1 aromatic rings. The van der Waals surface area contributed by atoms with E-state index in [9.17, 15) is 9.90 Å². The molecule has 0 amide bonds. The van der Waals surface area contributed by atoms with Gasteiger partial charge in [-0.2, -0.15) is 0 Å². The number of fused-ring (bicyclic) bond motifs is 3. The monoisotopic (exact) mass is 316 g/mol. The Kier molecular flexibility index (Phi) is 4.65. The van der Waals surface area contributed by atoms with E-state index in [0.717, 1.165) is 18.6 Å². The third-order valence-corrected chi connectivity index (χ3v) is 5.94. The van der Waals surface area contributed by atoms with Gasteiger partial charge in [0.15, 0.2) is 0 Å². The fourth-order valence-electron chi connectivity index (χ4n) is 4.84. The van der Waals surface area contributed by atoms with Gasteiger partial charge < -0.3 is 14.6 Å². The highest BCUT2D eigenvalue weighted by molar-refractivity contribution is 5.75. The summed E-state index contributed by atoms with van der Waals surface area (Å²) in [5.74, 6) is 3.76. The SMILES string of the molecule is CC(=O)CCC[C@H]1[C@@H]2[C@H](CC[C@H]1C)c1ccc(O)cc1O[C@@H]2C. The Balaban J connectivity index is 1.83. The van der Waals surface area contributed by atoms with Gasteiger partial charge in [0.1, 0.15) is 17.3 Å². The molecule has 0 saturated heterocycles. The van der Waals surface area contributed by atoms with Crippen LogP contribution in [0.1, 0.15) is 64.4 Å². The fraction of sp³-hybridized carbons (Fsp3) is 0.650. The minimum atomic E-state index is 0.166. The van der Waals surface area contributed by atoms with E-state index in [1.165, 1.54) is 18.4 Å². The minimum Gasteiger partial charge on any atom is -0.508 e. The summed E-state index contributed by atoms with van der Waals surface area (Å²) < 4.78 is 6.16. The summed E-state index contributed by atoms with van der Waals surface area (Å²) >= 11 is 0. The van der Waals surface area contributed by atoms with Crippen LogP contribution in [0.15, 0.2) is 18.2 Å². The van der Waals surface area contributed by atoms with Gasteiger partial charge in [-0.25, -0.2) is 0 Å². The molecule has 2 aliphatic rings. The molecule has 23 heavy (non-hydrogen) atoms. The maximum absolute atomic E-state index is 11.3. The number of aromatic hydroxyl groups is 1. The minimum absolute atomic E-state index is 0.166. The van der Waals surface area contributed by atoms with Crippen LogP contribution < -0.4 is 4.74 Å². The molecule has 3 rings (SSSR count). The molecule has 1 aliphatic carbocycles. The molecule has 0 spiro atoms. The van der Waals surface area contributed by atoms with Crippen molar-refractivity contribution in [2.45, 2.75) is 64.9 Å². The highest BCUT2D eigenvalue weighted by Crippen LogP contribution is 2.53. The van der Waals surface area contributed by atoms with E-state index < -0.39 is 0 Å². The lowest BCUT2D eigenvalue weighted by Crippen LogP contribution is -2.44. The van der Waals surface area contributed by atoms with Crippen LogP contribution >= 0.6 is 0 Å². The molecule has 1 aromatic carbocycles. The summed E-state index contributed by atoms with van der Waals surface area (Å²) in [4.78, 5) is 11.3. The first-order valence-electron chi connectivity index (χ1n) is 8.96.